The molecule has 3 aromatic rings. The van der Waals surface area contributed by atoms with E-state index in [1.165, 1.54) is 13.1 Å². The summed E-state index contributed by atoms with van der Waals surface area (Å²) in [6, 6.07) is 12.0. The molecule has 0 aliphatic heterocycles. The Morgan fingerprint density at radius 2 is 1.94 bits per heavy atom. The fraction of sp³-hybridized carbons (Fsp3) is 0.250. The van der Waals surface area contributed by atoms with Gasteiger partial charge in [0.1, 0.15) is 12.3 Å². The third kappa shape index (κ3) is 5.19. The summed E-state index contributed by atoms with van der Waals surface area (Å²) >= 11 is 5.28. The van der Waals surface area contributed by atoms with E-state index in [0.717, 1.165) is 11.3 Å². The van der Waals surface area contributed by atoms with Crippen LogP contribution in [0.1, 0.15) is 12.5 Å². The number of carbonyl (C=O) groups is 1. The van der Waals surface area contributed by atoms with E-state index >= 15 is 0 Å². The highest BCUT2D eigenvalue weighted by molar-refractivity contribution is 7.89. The number of amides is 1. The van der Waals surface area contributed by atoms with Gasteiger partial charge in [0.25, 0.3) is 0 Å². The molecule has 0 saturated heterocycles. The predicted octanol–water partition coefficient (Wildman–Crippen LogP) is 2.86. The van der Waals surface area contributed by atoms with Gasteiger partial charge in [0.2, 0.25) is 15.9 Å². The first-order valence-corrected chi connectivity index (χ1v) is 11.4. The van der Waals surface area contributed by atoms with Crippen LogP contribution < -0.4 is 14.8 Å². The second-order valence-corrected chi connectivity index (χ2v) is 8.87. The molecule has 3 N–H and O–H groups in total. The molecule has 0 unspecified atom stereocenters. The lowest BCUT2D eigenvalue weighted by Crippen LogP contribution is -2.21. The van der Waals surface area contributed by atoms with Gasteiger partial charge in [-0.25, -0.2) is 13.1 Å². The van der Waals surface area contributed by atoms with Crippen LogP contribution in [0.2, 0.25) is 0 Å². The molecular formula is C20H23N5O4S2. The number of aryl methyl sites for hydroxylation is 1. The Kier molecular flexibility index (Phi) is 6.88. The van der Waals surface area contributed by atoms with E-state index < -0.39 is 10.0 Å². The summed E-state index contributed by atoms with van der Waals surface area (Å²) in [6.07, 6.45) is 0. The number of nitrogens with zero attached hydrogens (tertiary/aromatic N) is 2. The van der Waals surface area contributed by atoms with Gasteiger partial charge in [0.15, 0.2) is 10.6 Å². The number of benzene rings is 2. The number of sulfonamides is 1. The van der Waals surface area contributed by atoms with Crippen molar-refractivity contribution in [1.29, 1.82) is 0 Å². The number of carbonyl (C=O) groups excluding carboxylic acids is 1. The minimum atomic E-state index is -3.64. The molecule has 11 heteroatoms. The van der Waals surface area contributed by atoms with E-state index in [1.807, 2.05) is 31.2 Å². The largest absolute Gasteiger partial charge is 0.494 e. The van der Waals surface area contributed by atoms with Crippen LogP contribution in [0.3, 0.4) is 0 Å². The third-order valence-electron chi connectivity index (χ3n) is 4.51. The Morgan fingerprint density at radius 3 is 2.58 bits per heavy atom. The van der Waals surface area contributed by atoms with E-state index in [1.54, 1.807) is 23.6 Å². The Labute approximate surface area is 185 Å². The van der Waals surface area contributed by atoms with Crippen LogP contribution in [-0.2, 0) is 21.4 Å². The Morgan fingerprint density at radius 1 is 1.23 bits per heavy atom. The predicted molar refractivity (Wildman–Crippen MR) is 120 cm³/mol. The van der Waals surface area contributed by atoms with Gasteiger partial charge in [0.05, 0.1) is 11.5 Å². The van der Waals surface area contributed by atoms with Gasteiger partial charge in [-0.2, -0.15) is 5.10 Å². The summed E-state index contributed by atoms with van der Waals surface area (Å²) in [5.74, 6) is 0.864. The van der Waals surface area contributed by atoms with Gasteiger partial charge >= 0.3 is 0 Å². The number of ether oxygens (including phenoxy) is 1. The second kappa shape index (κ2) is 9.41. The summed E-state index contributed by atoms with van der Waals surface area (Å²) < 4.78 is 33.9. The maximum absolute atomic E-state index is 12.7. The number of aromatic amines is 1. The molecular weight excluding hydrogens is 438 g/mol. The molecule has 1 amide bonds. The number of H-pyrrole nitrogens is 1. The Bertz CT molecular complexity index is 1250. The minimum Gasteiger partial charge on any atom is -0.494 e. The molecule has 0 bridgehead atoms. The molecule has 9 nitrogen and oxygen atoms in total. The molecule has 0 spiro atoms. The van der Waals surface area contributed by atoms with Crippen molar-refractivity contribution < 1.29 is 17.9 Å². The Balaban J connectivity index is 1.81. The smallest absolute Gasteiger partial charge is 0.244 e. The quantitative estimate of drug-likeness (QED) is 0.444. The molecule has 0 atom stereocenters. The maximum Gasteiger partial charge on any atom is 0.244 e. The average Bonchev–Trinajstić information content (AvgIpc) is 3.10. The summed E-state index contributed by atoms with van der Waals surface area (Å²) in [4.78, 5) is 12.8. The van der Waals surface area contributed by atoms with E-state index in [-0.39, 0.29) is 17.3 Å². The molecule has 0 radical (unpaired) electrons. The maximum atomic E-state index is 12.7. The van der Waals surface area contributed by atoms with Crippen molar-refractivity contribution in [1.82, 2.24) is 19.5 Å². The van der Waals surface area contributed by atoms with Crippen molar-refractivity contribution in [3.63, 3.8) is 0 Å². The zero-order valence-electron chi connectivity index (χ0n) is 17.3. The van der Waals surface area contributed by atoms with Crippen LogP contribution in [0.4, 0.5) is 5.69 Å². The molecule has 3 rings (SSSR count). The van der Waals surface area contributed by atoms with E-state index in [2.05, 4.69) is 20.2 Å². The summed E-state index contributed by atoms with van der Waals surface area (Å²) in [5, 5.41) is 9.65. The van der Waals surface area contributed by atoms with E-state index in [4.69, 9.17) is 17.0 Å². The van der Waals surface area contributed by atoms with Crippen molar-refractivity contribution in [2.45, 2.75) is 25.3 Å². The highest BCUT2D eigenvalue weighted by atomic mass is 32.2. The van der Waals surface area contributed by atoms with Crippen LogP contribution in [0.5, 0.6) is 5.75 Å². The normalized spacial score (nSPS) is 11.3. The first kappa shape index (κ1) is 22.7. The fourth-order valence-corrected chi connectivity index (χ4v) is 4.16. The number of anilines is 1. The summed E-state index contributed by atoms with van der Waals surface area (Å²) in [6.45, 7) is 4.06. The topological polar surface area (TPSA) is 118 Å². The fourth-order valence-electron chi connectivity index (χ4n) is 2.97. The van der Waals surface area contributed by atoms with Gasteiger partial charge in [-0.3, -0.25) is 14.5 Å². The van der Waals surface area contributed by atoms with Crippen LogP contribution in [0.15, 0.2) is 47.4 Å². The molecule has 2 aromatic carbocycles. The van der Waals surface area contributed by atoms with Gasteiger partial charge in [-0.15, -0.1) is 0 Å². The zero-order valence-corrected chi connectivity index (χ0v) is 18.9. The van der Waals surface area contributed by atoms with Crippen LogP contribution >= 0.6 is 12.2 Å². The van der Waals surface area contributed by atoms with Gasteiger partial charge in [-0.05, 0) is 75.1 Å². The minimum absolute atomic E-state index is 0.0974. The number of hydrogen-bond acceptors (Lipinski definition) is 6. The van der Waals surface area contributed by atoms with Crippen molar-refractivity contribution in [3.05, 3.63) is 52.8 Å². The van der Waals surface area contributed by atoms with Gasteiger partial charge in [0, 0.05) is 11.3 Å². The number of hydrogen-bond donors (Lipinski definition) is 3. The van der Waals surface area contributed by atoms with Crippen molar-refractivity contribution in [2.75, 3.05) is 19.0 Å². The average molecular weight is 462 g/mol. The van der Waals surface area contributed by atoms with Crippen LogP contribution in [-0.4, -0.2) is 42.7 Å². The highest BCUT2D eigenvalue weighted by Gasteiger charge is 2.17. The van der Waals surface area contributed by atoms with Crippen LogP contribution in [0, 0.1) is 11.7 Å². The van der Waals surface area contributed by atoms with Crippen molar-refractivity contribution >= 4 is 33.8 Å². The molecule has 0 fully saturated rings. The highest BCUT2D eigenvalue weighted by Crippen LogP contribution is 2.22. The molecule has 1 heterocycles. The lowest BCUT2D eigenvalue weighted by Gasteiger charge is -2.11. The zero-order chi connectivity index (χ0) is 22.6. The third-order valence-corrected chi connectivity index (χ3v) is 6.38. The summed E-state index contributed by atoms with van der Waals surface area (Å²) in [5.41, 5.74) is 1.70. The molecule has 31 heavy (non-hydrogen) atoms. The lowest BCUT2D eigenvalue weighted by molar-refractivity contribution is -0.116. The monoisotopic (exact) mass is 461 g/mol. The number of aromatic nitrogens is 3. The first-order chi connectivity index (χ1) is 14.7. The number of rotatable bonds is 8. The SMILES string of the molecule is CCOc1ccc(-c2n[nH]c(=S)n2CC(=O)Nc2ccc(C)c(S(=O)(=O)NC)c2)cc1. The lowest BCUT2D eigenvalue weighted by atomic mass is 10.2. The van der Waals surface area contributed by atoms with Gasteiger partial charge < -0.3 is 10.1 Å². The van der Waals surface area contributed by atoms with E-state index in [9.17, 15) is 13.2 Å². The van der Waals surface area contributed by atoms with Crippen molar-refractivity contribution in [3.8, 4) is 17.1 Å². The van der Waals surface area contributed by atoms with Crippen molar-refractivity contribution in [2.24, 2.45) is 0 Å². The summed E-state index contributed by atoms with van der Waals surface area (Å²) in [7, 11) is -2.31. The first-order valence-electron chi connectivity index (χ1n) is 9.47. The molecule has 0 saturated carbocycles. The molecule has 0 aliphatic carbocycles. The Hall–Kier alpha value is -3.02. The molecule has 1 aromatic heterocycles. The van der Waals surface area contributed by atoms with Crippen LogP contribution in [0.25, 0.3) is 11.4 Å². The molecule has 0 aliphatic rings. The number of nitrogens with one attached hydrogen (secondary N) is 3. The second-order valence-electron chi connectivity index (χ2n) is 6.63. The van der Waals surface area contributed by atoms with E-state index in [0.29, 0.717) is 28.5 Å². The molecule has 164 valence electrons. The standard InChI is InChI=1S/C20H23N5O4S2/c1-4-29-16-9-6-14(7-10-16)19-23-24-20(30)25(19)12-18(26)22-15-8-5-13(2)17(11-15)31(27,28)21-3/h5-11,21H,4,12H2,1-3H3,(H,22,26)(H,24,30). The van der Waals surface area contributed by atoms with Gasteiger partial charge in [-0.1, -0.05) is 6.07 Å².